The van der Waals surface area contributed by atoms with Crippen LogP contribution in [-0.2, 0) is 4.74 Å². The highest BCUT2D eigenvalue weighted by atomic mass is 19.1. The molecule has 186 valence electrons. The van der Waals surface area contributed by atoms with E-state index in [-0.39, 0.29) is 11.9 Å². The number of allylic oxidation sites excluding steroid dienone is 5. The van der Waals surface area contributed by atoms with Gasteiger partial charge in [-0.05, 0) is 65.4 Å². The van der Waals surface area contributed by atoms with Gasteiger partial charge in [0.2, 0.25) is 0 Å². The molecule has 0 spiro atoms. The summed E-state index contributed by atoms with van der Waals surface area (Å²) < 4.78 is 17.8. The molecular weight excluding hydrogens is 389 g/mol. The van der Waals surface area contributed by atoms with Crippen molar-refractivity contribution < 1.29 is 13.9 Å². The molecule has 3 nitrogen and oxygen atoms in total. The van der Waals surface area contributed by atoms with Gasteiger partial charge in [0.15, 0.2) is 0 Å². The van der Waals surface area contributed by atoms with Gasteiger partial charge in [0.05, 0.1) is 0 Å². The number of rotatable bonds is 8. The van der Waals surface area contributed by atoms with Crippen molar-refractivity contribution in [1.82, 2.24) is 4.90 Å². The third kappa shape index (κ3) is 24.6. The molecular formula is C27H54FNO2. The average molecular weight is 444 g/mol. The molecule has 1 unspecified atom stereocenters. The number of carbonyl (C=O) groups is 1. The van der Waals surface area contributed by atoms with Gasteiger partial charge in [-0.3, -0.25) is 0 Å². The van der Waals surface area contributed by atoms with Crippen molar-refractivity contribution in [2.24, 2.45) is 5.92 Å². The van der Waals surface area contributed by atoms with Gasteiger partial charge in [0.25, 0.3) is 0 Å². The van der Waals surface area contributed by atoms with Gasteiger partial charge in [0.1, 0.15) is 11.4 Å². The first-order valence-electron chi connectivity index (χ1n) is 12.1. The number of hydrogen-bond acceptors (Lipinski definition) is 2. The SMILES string of the molecule is C=C(F)/C(C)=C\C=C(/C)C(C)CC.CC.CC.CCCN(CCC)C(=O)OC(C)(C)C. The fraction of sp³-hybridized carbons (Fsp3) is 0.741. The molecule has 0 radical (unpaired) electrons. The maximum Gasteiger partial charge on any atom is 0.410 e. The molecule has 0 heterocycles. The molecule has 1 atom stereocenters. The zero-order valence-electron chi connectivity index (χ0n) is 23.1. The Hall–Kier alpha value is -1.58. The monoisotopic (exact) mass is 443 g/mol. The van der Waals surface area contributed by atoms with E-state index in [1.54, 1.807) is 17.9 Å². The van der Waals surface area contributed by atoms with Gasteiger partial charge in [-0.25, -0.2) is 9.18 Å². The van der Waals surface area contributed by atoms with Crippen LogP contribution in [-0.4, -0.2) is 29.7 Å². The van der Waals surface area contributed by atoms with E-state index in [1.165, 1.54) is 5.57 Å². The van der Waals surface area contributed by atoms with Crippen LogP contribution in [0.2, 0.25) is 0 Å². The zero-order chi connectivity index (χ0) is 25.6. The predicted molar refractivity (Wildman–Crippen MR) is 138 cm³/mol. The molecule has 0 aliphatic rings. The molecule has 0 fully saturated rings. The summed E-state index contributed by atoms with van der Waals surface area (Å²) in [6.45, 7) is 30.7. The molecule has 0 aromatic rings. The van der Waals surface area contributed by atoms with Crippen LogP contribution in [0.5, 0.6) is 0 Å². The van der Waals surface area contributed by atoms with Crippen LogP contribution in [0.1, 0.15) is 109 Å². The minimum absolute atomic E-state index is 0.193. The second-order valence-electron chi connectivity index (χ2n) is 7.94. The average Bonchev–Trinajstić information content (AvgIpc) is 2.72. The largest absolute Gasteiger partial charge is 0.444 e. The first kappa shape index (κ1) is 36.8. The third-order valence-electron chi connectivity index (χ3n) is 4.05. The normalized spacial score (nSPS) is 12.1. The van der Waals surface area contributed by atoms with Gasteiger partial charge in [-0.1, -0.05) is 79.7 Å². The number of carbonyl (C=O) groups excluding carboxylic acids is 1. The van der Waals surface area contributed by atoms with E-state index in [0.29, 0.717) is 11.5 Å². The van der Waals surface area contributed by atoms with E-state index in [9.17, 15) is 9.18 Å². The maximum atomic E-state index is 12.5. The Balaban J connectivity index is -0.000000203. The van der Waals surface area contributed by atoms with E-state index in [0.717, 1.165) is 32.4 Å². The lowest BCUT2D eigenvalue weighted by Crippen LogP contribution is -2.37. The summed E-state index contributed by atoms with van der Waals surface area (Å²) in [5, 5.41) is 0. The predicted octanol–water partition coefficient (Wildman–Crippen LogP) is 9.50. The van der Waals surface area contributed by atoms with Crippen LogP contribution in [0.3, 0.4) is 0 Å². The van der Waals surface area contributed by atoms with Crippen LogP contribution in [0.4, 0.5) is 9.18 Å². The van der Waals surface area contributed by atoms with Gasteiger partial charge in [-0.2, -0.15) is 0 Å². The molecule has 1 amide bonds. The minimum atomic E-state index is -0.392. The summed E-state index contributed by atoms with van der Waals surface area (Å²) in [6, 6.07) is 0. The lowest BCUT2D eigenvalue weighted by atomic mass is 9.99. The summed E-state index contributed by atoms with van der Waals surface area (Å²) in [6.07, 6.45) is 6.61. The Bertz CT molecular complexity index is 496. The highest BCUT2D eigenvalue weighted by molar-refractivity contribution is 5.68. The van der Waals surface area contributed by atoms with Gasteiger partial charge in [-0.15, -0.1) is 0 Å². The van der Waals surface area contributed by atoms with Crippen molar-refractivity contribution in [3.8, 4) is 0 Å². The van der Waals surface area contributed by atoms with Crippen LogP contribution >= 0.6 is 0 Å². The van der Waals surface area contributed by atoms with Crippen molar-refractivity contribution in [3.05, 3.63) is 35.7 Å². The van der Waals surface area contributed by atoms with E-state index in [4.69, 9.17) is 4.74 Å². The Morgan fingerprint density at radius 3 is 1.71 bits per heavy atom. The van der Waals surface area contributed by atoms with Crippen molar-refractivity contribution in [3.63, 3.8) is 0 Å². The quantitative estimate of drug-likeness (QED) is 0.349. The van der Waals surface area contributed by atoms with Crippen molar-refractivity contribution >= 4 is 6.09 Å². The summed E-state index contributed by atoms with van der Waals surface area (Å²) in [5.41, 5.74) is 1.49. The van der Waals surface area contributed by atoms with E-state index < -0.39 is 5.60 Å². The second-order valence-corrected chi connectivity index (χ2v) is 7.94. The van der Waals surface area contributed by atoms with E-state index >= 15 is 0 Å². The van der Waals surface area contributed by atoms with Crippen LogP contribution in [0.25, 0.3) is 0 Å². The summed E-state index contributed by atoms with van der Waals surface area (Å²) in [7, 11) is 0. The number of amides is 1. The smallest absolute Gasteiger partial charge is 0.410 e. The third-order valence-corrected chi connectivity index (χ3v) is 4.05. The second kappa shape index (κ2) is 23.1. The van der Waals surface area contributed by atoms with E-state index in [1.807, 2.05) is 54.5 Å². The van der Waals surface area contributed by atoms with Gasteiger partial charge < -0.3 is 9.64 Å². The molecule has 0 aliphatic heterocycles. The molecule has 0 rings (SSSR count). The Labute approximate surface area is 194 Å². The molecule has 0 N–H and O–H groups in total. The van der Waals surface area contributed by atoms with Crippen LogP contribution in [0, 0.1) is 5.92 Å². The standard InChI is InChI=1S/C12H19F.C11H23NO2.2C2H6/c1-6-9(2)10(3)7-8-11(4)12(5)13;1-6-8-12(9-7-2)10(13)14-11(3,4)5;2*1-2/h7-9H,5-6H2,1-4H3;6-9H2,1-5H3;2*1-2H3/b10-7+,11-8-;;;. The Morgan fingerprint density at radius 1 is 1.00 bits per heavy atom. The maximum absolute atomic E-state index is 12.5. The van der Waals surface area contributed by atoms with Crippen molar-refractivity contribution in [1.29, 1.82) is 0 Å². The fourth-order valence-electron chi connectivity index (χ4n) is 1.99. The van der Waals surface area contributed by atoms with Gasteiger partial charge in [0, 0.05) is 13.1 Å². The van der Waals surface area contributed by atoms with Crippen molar-refractivity contribution in [2.45, 2.75) is 115 Å². The molecule has 31 heavy (non-hydrogen) atoms. The molecule has 0 aromatic carbocycles. The lowest BCUT2D eigenvalue weighted by Gasteiger charge is -2.26. The molecule has 0 saturated heterocycles. The number of halogens is 1. The summed E-state index contributed by atoms with van der Waals surface area (Å²) >= 11 is 0. The van der Waals surface area contributed by atoms with Crippen LogP contribution in [0.15, 0.2) is 35.7 Å². The zero-order valence-corrected chi connectivity index (χ0v) is 23.1. The fourth-order valence-corrected chi connectivity index (χ4v) is 1.99. The first-order chi connectivity index (χ1) is 14.4. The summed E-state index contributed by atoms with van der Waals surface area (Å²) in [5.74, 6) is 0.213. The summed E-state index contributed by atoms with van der Waals surface area (Å²) in [4.78, 5) is 13.4. The van der Waals surface area contributed by atoms with Crippen molar-refractivity contribution in [2.75, 3.05) is 13.1 Å². The molecule has 4 heteroatoms. The lowest BCUT2D eigenvalue weighted by molar-refractivity contribution is 0.0250. The van der Waals surface area contributed by atoms with E-state index in [2.05, 4.69) is 41.2 Å². The topological polar surface area (TPSA) is 29.5 Å². The highest BCUT2D eigenvalue weighted by Gasteiger charge is 2.20. The molecule has 0 bridgehead atoms. The molecule has 0 aromatic heterocycles. The Morgan fingerprint density at radius 2 is 1.42 bits per heavy atom. The van der Waals surface area contributed by atoms with Gasteiger partial charge >= 0.3 is 6.09 Å². The number of nitrogens with zero attached hydrogens (tertiary/aromatic N) is 1. The van der Waals surface area contributed by atoms with Crippen LogP contribution < -0.4 is 0 Å². The minimum Gasteiger partial charge on any atom is -0.444 e. The Kier molecular flexibility index (Phi) is 27.4. The molecule has 0 saturated carbocycles. The number of ether oxygens (including phenoxy) is 1. The molecule has 0 aliphatic carbocycles. The first-order valence-corrected chi connectivity index (χ1v) is 12.1. The highest BCUT2D eigenvalue weighted by Crippen LogP contribution is 2.15. The number of hydrogen-bond donors (Lipinski definition) is 0.